The zero-order valence-electron chi connectivity index (χ0n) is 16.5. The van der Waals surface area contributed by atoms with Crippen molar-refractivity contribution in [3.05, 3.63) is 16.9 Å². The molecule has 2 aliphatic rings. The van der Waals surface area contributed by atoms with E-state index in [1.807, 2.05) is 13.1 Å². The number of H-pyrrole nitrogens is 1. The predicted octanol–water partition coefficient (Wildman–Crippen LogP) is 3.38. The van der Waals surface area contributed by atoms with Crippen molar-refractivity contribution in [3.63, 3.8) is 0 Å². The Morgan fingerprint density at radius 2 is 2.21 bits per heavy atom. The van der Waals surface area contributed by atoms with E-state index < -0.39 is 0 Å². The van der Waals surface area contributed by atoms with Crippen LogP contribution in [0.3, 0.4) is 0 Å². The average Bonchev–Trinajstić information content (AvgIpc) is 3.45. The molecular weight excluding hydrogens is 422 g/mol. The molecule has 0 bridgehead atoms. The molecule has 4 rings (SSSR count). The topological polar surface area (TPSA) is 107 Å². The van der Waals surface area contributed by atoms with Gasteiger partial charge in [0.15, 0.2) is 0 Å². The van der Waals surface area contributed by atoms with Crippen molar-refractivity contribution in [2.45, 2.75) is 58.1 Å². The molecule has 1 saturated heterocycles. The van der Waals surface area contributed by atoms with Gasteiger partial charge in [-0.1, -0.05) is 6.92 Å². The standard InChI is InChI=1S/C16H20BrN5O.C4H10O/c17-11-6-19-15-13(14(11)22-5-1-2-10(18)8-22)12(7-20-15)21-16(23)9-3-4-9;1-3-4(2)5/h6-7,9-10H,1-5,8,18H2,(H,19,20)(H,21,23);4-5H,3H2,1-2H3/t10-;/m1./s1. The molecule has 1 amide bonds. The van der Waals surface area contributed by atoms with Gasteiger partial charge in [0.2, 0.25) is 5.91 Å². The Morgan fingerprint density at radius 1 is 1.50 bits per heavy atom. The monoisotopic (exact) mass is 451 g/mol. The minimum Gasteiger partial charge on any atom is -0.393 e. The van der Waals surface area contributed by atoms with Crippen molar-refractivity contribution < 1.29 is 9.90 Å². The van der Waals surface area contributed by atoms with Gasteiger partial charge in [-0.05, 0) is 55.0 Å². The Hall–Kier alpha value is -1.64. The first kappa shape index (κ1) is 21.1. The summed E-state index contributed by atoms with van der Waals surface area (Å²) in [6, 6.07) is 0.183. The van der Waals surface area contributed by atoms with Crippen LogP contribution in [0.2, 0.25) is 0 Å². The molecule has 0 radical (unpaired) electrons. The molecule has 1 aliphatic heterocycles. The molecule has 1 saturated carbocycles. The number of hydrogen-bond donors (Lipinski definition) is 4. The second kappa shape index (κ2) is 9.24. The van der Waals surface area contributed by atoms with Gasteiger partial charge < -0.3 is 26.0 Å². The number of amides is 1. The molecule has 3 heterocycles. The number of hydrogen-bond acceptors (Lipinski definition) is 5. The van der Waals surface area contributed by atoms with Crippen molar-refractivity contribution in [2.75, 3.05) is 23.3 Å². The van der Waals surface area contributed by atoms with E-state index in [1.54, 1.807) is 13.1 Å². The zero-order chi connectivity index (χ0) is 20.3. The number of aliphatic hydroxyl groups excluding tert-OH is 1. The quantitative estimate of drug-likeness (QED) is 0.569. The number of aliphatic hydroxyl groups is 1. The molecule has 0 spiro atoms. The minimum absolute atomic E-state index is 0.104. The molecule has 5 N–H and O–H groups in total. The van der Waals surface area contributed by atoms with Crippen molar-refractivity contribution in [1.82, 2.24) is 9.97 Å². The summed E-state index contributed by atoms with van der Waals surface area (Å²) in [5, 5.41) is 12.4. The summed E-state index contributed by atoms with van der Waals surface area (Å²) in [6.07, 6.45) is 8.49. The number of anilines is 2. The van der Waals surface area contributed by atoms with Crippen LogP contribution in [0.25, 0.3) is 11.0 Å². The number of nitrogens with two attached hydrogens (primary N) is 1. The molecule has 0 aromatic carbocycles. The molecule has 2 aromatic rings. The van der Waals surface area contributed by atoms with Crippen molar-refractivity contribution in [3.8, 4) is 0 Å². The first-order valence-electron chi connectivity index (χ1n) is 10.1. The second-order valence-corrected chi connectivity index (χ2v) is 8.60. The van der Waals surface area contributed by atoms with E-state index in [2.05, 4.69) is 36.1 Å². The van der Waals surface area contributed by atoms with Crippen LogP contribution in [0.1, 0.15) is 46.0 Å². The number of piperidine rings is 1. The van der Waals surface area contributed by atoms with Crippen LogP contribution >= 0.6 is 15.9 Å². The summed E-state index contributed by atoms with van der Waals surface area (Å²) in [5.41, 5.74) is 8.81. The van der Waals surface area contributed by atoms with E-state index in [0.717, 1.165) is 72.1 Å². The summed E-state index contributed by atoms with van der Waals surface area (Å²) in [6.45, 7) is 5.51. The molecule has 2 aromatic heterocycles. The molecule has 1 unspecified atom stereocenters. The maximum Gasteiger partial charge on any atom is 0.227 e. The number of carbonyl (C=O) groups is 1. The molecule has 2 atom stereocenters. The van der Waals surface area contributed by atoms with Gasteiger partial charge in [0.05, 0.1) is 27.3 Å². The lowest BCUT2D eigenvalue weighted by atomic mass is 10.1. The van der Waals surface area contributed by atoms with Crippen molar-refractivity contribution in [2.24, 2.45) is 11.7 Å². The highest BCUT2D eigenvalue weighted by atomic mass is 79.9. The number of aromatic nitrogens is 2. The van der Waals surface area contributed by atoms with Crippen molar-refractivity contribution >= 4 is 44.2 Å². The second-order valence-electron chi connectivity index (χ2n) is 7.75. The number of nitrogens with one attached hydrogen (secondary N) is 2. The molecule has 7 nitrogen and oxygen atoms in total. The minimum atomic E-state index is -0.116. The van der Waals surface area contributed by atoms with Crippen LogP contribution in [-0.4, -0.2) is 46.2 Å². The van der Waals surface area contributed by atoms with Gasteiger partial charge >= 0.3 is 0 Å². The van der Waals surface area contributed by atoms with E-state index in [1.165, 1.54) is 0 Å². The van der Waals surface area contributed by atoms with Gasteiger partial charge in [-0.2, -0.15) is 0 Å². The van der Waals surface area contributed by atoms with Gasteiger partial charge in [0.25, 0.3) is 0 Å². The molecule has 154 valence electrons. The maximum absolute atomic E-state index is 12.2. The third kappa shape index (κ3) is 5.04. The number of carbonyl (C=O) groups excluding carboxylic acids is 1. The van der Waals surface area contributed by atoms with Crippen LogP contribution in [0.4, 0.5) is 11.4 Å². The largest absolute Gasteiger partial charge is 0.393 e. The number of rotatable bonds is 4. The van der Waals surface area contributed by atoms with E-state index in [-0.39, 0.29) is 24.0 Å². The summed E-state index contributed by atoms with van der Waals surface area (Å²) in [4.78, 5) is 22.0. The smallest absolute Gasteiger partial charge is 0.227 e. The summed E-state index contributed by atoms with van der Waals surface area (Å²) >= 11 is 3.63. The van der Waals surface area contributed by atoms with Crippen LogP contribution in [0.15, 0.2) is 16.9 Å². The number of nitrogens with zero attached hydrogens (tertiary/aromatic N) is 2. The number of pyridine rings is 1. The van der Waals surface area contributed by atoms with Gasteiger partial charge in [-0.25, -0.2) is 4.98 Å². The van der Waals surface area contributed by atoms with Crippen LogP contribution in [-0.2, 0) is 4.79 Å². The molecule has 2 fully saturated rings. The molecular formula is C20H30BrN5O2. The Labute approximate surface area is 174 Å². The molecule has 28 heavy (non-hydrogen) atoms. The summed E-state index contributed by atoms with van der Waals surface area (Å²) in [7, 11) is 0. The summed E-state index contributed by atoms with van der Waals surface area (Å²) in [5.74, 6) is 0.277. The normalized spacial score (nSPS) is 20.5. The highest BCUT2D eigenvalue weighted by molar-refractivity contribution is 9.10. The Kier molecular flexibility index (Phi) is 6.95. The number of aromatic amines is 1. The fraction of sp³-hybridized carbons (Fsp3) is 0.600. The SMILES string of the molecule is CCC(C)O.N[C@@H]1CCCN(c2c(Br)cnc3[nH]cc(NC(=O)C4CC4)c23)C1. The Bertz CT molecular complexity index is 818. The first-order valence-corrected chi connectivity index (χ1v) is 10.8. The van der Waals surface area contributed by atoms with Crippen molar-refractivity contribution in [1.29, 1.82) is 0 Å². The van der Waals surface area contributed by atoms with E-state index in [4.69, 9.17) is 10.8 Å². The van der Waals surface area contributed by atoms with Gasteiger partial charge in [0.1, 0.15) is 5.65 Å². The zero-order valence-corrected chi connectivity index (χ0v) is 18.1. The lowest BCUT2D eigenvalue weighted by Crippen LogP contribution is -2.43. The molecule has 8 heteroatoms. The Morgan fingerprint density at radius 3 is 2.82 bits per heavy atom. The maximum atomic E-state index is 12.2. The van der Waals surface area contributed by atoms with Gasteiger partial charge in [-0.3, -0.25) is 4.79 Å². The fourth-order valence-electron chi connectivity index (χ4n) is 3.26. The number of halogens is 1. The summed E-state index contributed by atoms with van der Waals surface area (Å²) < 4.78 is 0.931. The lowest BCUT2D eigenvalue weighted by Gasteiger charge is -2.33. The van der Waals surface area contributed by atoms with E-state index in [0.29, 0.717) is 0 Å². The van der Waals surface area contributed by atoms with Gasteiger partial charge in [0, 0.05) is 37.4 Å². The van der Waals surface area contributed by atoms with E-state index in [9.17, 15) is 4.79 Å². The van der Waals surface area contributed by atoms with Crippen LogP contribution in [0.5, 0.6) is 0 Å². The third-order valence-corrected chi connectivity index (χ3v) is 5.78. The number of fused-ring (bicyclic) bond motifs is 1. The molecule has 1 aliphatic carbocycles. The highest BCUT2D eigenvalue weighted by Gasteiger charge is 2.31. The van der Waals surface area contributed by atoms with Crippen LogP contribution in [0, 0.1) is 5.92 Å². The van der Waals surface area contributed by atoms with E-state index >= 15 is 0 Å². The predicted molar refractivity (Wildman–Crippen MR) is 117 cm³/mol. The van der Waals surface area contributed by atoms with Crippen LogP contribution < -0.4 is 16.0 Å². The van der Waals surface area contributed by atoms with Gasteiger partial charge in [-0.15, -0.1) is 0 Å². The third-order valence-electron chi connectivity index (χ3n) is 5.20. The first-order chi connectivity index (χ1) is 13.4. The lowest BCUT2D eigenvalue weighted by molar-refractivity contribution is -0.117. The Balaban J connectivity index is 0.000000403. The fourth-order valence-corrected chi connectivity index (χ4v) is 3.81. The average molecular weight is 452 g/mol. The highest BCUT2D eigenvalue weighted by Crippen LogP contribution is 2.39.